The normalized spacial score (nSPS) is 10.3. The molecule has 3 aromatic rings. The van der Waals surface area contributed by atoms with Crippen molar-refractivity contribution in [2.75, 3.05) is 11.9 Å². The van der Waals surface area contributed by atoms with E-state index in [1.54, 1.807) is 31.2 Å². The van der Waals surface area contributed by atoms with Gasteiger partial charge in [0, 0.05) is 11.3 Å². The highest BCUT2D eigenvalue weighted by atomic mass is 16.5. The standard InChI is InChI=1S/C21H19NO5/c1-2-25-20(23)19-18(11-12-26-19)16-9-6-10-17(13-16)22-21(24)27-14-15-7-4-3-5-8-15/h3-13H,2,14H2,1H3,(H,22,24). The van der Waals surface area contributed by atoms with Crippen molar-refractivity contribution in [3.05, 3.63) is 78.3 Å². The second-order valence-corrected chi connectivity index (χ2v) is 5.65. The molecule has 138 valence electrons. The molecule has 0 aliphatic heterocycles. The molecule has 0 saturated heterocycles. The largest absolute Gasteiger partial charge is 0.460 e. The maximum atomic E-state index is 12.0. The summed E-state index contributed by atoms with van der Waals surface area (Å²) in [6.07, 6.45) is 0.865. The minimum atomic E-state index is -0.561. The number of benzene rings is 2. The Labute approximate surface area is 156 Å². The van der Waals surface area contributed by atoms with E-state index < -0.39 is 12.1 Å². The van der Waals surface area contributed by atoms with E-state index in [9.17, 15) is 9.59 Å². The number of carbonyl (C=O) groups excluding carboxylic acids is 2. The Bertz CT molecular complexity index is 917. The summed E-state index contributed by atoms with van der Waals surface area (Å²) < 4.78 is 15.5. The zero-order chi connectivity index (χ0) is 19.1. The van der Waals surface area contributed by atoms with Crippen molar-refractivity contribution in [2.45, 2.75) is 13.5 Å². The predicted molar refractivity (Wildman–Crippen MR) is 100 cm³/mol. The van der Waals surface area contributed by atoms with E-state index in [1.165, 1.54) is 6.26 Å². The summed E-state index contributed by atoms with van der Waals surface area (Å²) in [6, 6.07) is 18.1. The van der Waals surface area contributed by atoms with E-state index in [1.807, 2.05) is 36.4 Å². The molecular formula is C21H19NO5. The van der Waals surface area contributed by atoms with E-state index in [2.05, 4.69) is 5.32 Å². The summed E-state index contributed by atoms with van der Waals surface area (Å²) in [5, 5.41) is 2.68. The lowest BCUT2D eigenvalue weighted by atomic mass is 10.1. The van der Waals surface area contributed by atoms with Crippen molar-refractivity contribution in [1.82, 2.24) is 0 Å². The molecule has 0 aliphatic carbocycles. The highest BCUT2D eigenvalue weighted by Gasteiger charge is 2.18. The molecule has 3 rings (SSSR count). The molecule has 27 heavy (non-hydrogen) atoms. The fraction of sp³-hybridized carbons (Fsp3) is 0.143. The van der Waals surface area contributed by atoms with Crippen LogP contribution in [0.15, 0.2) is 71.3 Å². The van der Waals surface area contributed by atoms with E-state index in [-0.39, 0.29) is 19.0 Å². The molecule has 0 spiro atoms. The Morgan fingerprint density at radius 3 is 2.59 bits per heavy atom. The third-order valence-corrected chi connectivity index (χ3v) is 3.76. The average molecular weight is 365 g/mol. The summed E-state index contributed by atoms with van der Waals surface area (Å²) in [6.45, 7) is 2.17. The van der Waals surface area contributed by atoms with Gasteiger partial charge < -0.3 is 13.9 Å². The van der Waals surface area contributed by atoms with Crippen LogP contribution in [0.2, 0.25) is 0 Å². The van der Waals surface area contributed by atoms with Crippen LogP contribution in [0.3, 0.4) is 0 Å². The Kier molecular flexibility index (Phi) is 5.89. The van der Waals surface area contributed by atoms with Crippen molar-refractivity contribution >= 4 is 17.7 Å². The van der Waals surface area contributed by atoms with Gasteiger partial charge in [-0.05, 0) is 36.2 Å². The van der Waals surface area contributed by atoms with Gasteiger partial charge in [-0.1, -0.05) is 42.5 Å². The molecule has 6 heteroatoms. The number of nitrogens with one attached hydrogen (secondary N) is 1. The first kappa shape index (κ1) is 18.3. The number of furan rings is 1. The topological polar surface area (TPSA) is 77.8 Å². The maximum Gasteiger partial charge on any atom is 0.411 e. The zero-order valence-corrected chi connectivity index (χ0v) is 14.8. The van der Waals surface area contributed by atoms with Gasteiger partial charge in [0.15, 0.2) is 0 Å². The van der Waals surface area contributed by atoms with Crippen molar-refractivity contribution in [3.8, 4) is 11.1 Å². The molecule has 2 aromatic carbocycles. The molecule has 0 bridgehead atoms. The average Bonchev–Trinajstić information content (AvgIpc) is 3.18. The third kappa shape index (κ3) is 4.76. The highest BCUT2D eigenvalue weighted by Crippen LogP contribution is 2.27. The number of ether oxygens (including phenoxy) is 2. The Morgan fingerprint density at radius 2 is 1.81 bits per heavy atom. The molecule has 1 amide bonds. The van der Waals surface area contributed by atoms with Crippen LogP contribution in [0.4, 0.5) is 10.5 Å². The maximum absolute atomic E-state index is 12.0. The molecule has 0 aliphatic rings. The Morgan fingerprint density at radius 1 is 1.00 bits per heavy atom. The highest BCUT2D eigenvalue weighted by molar-refractivity contribution is 5.95. The minimum Gasteiger partial charge on any atom is -0.460 e. The molecule has 0 radical (unpaired) electrons. The van der Waals surface area contributed by atoms with Gasteiger partial charge in [0.1, 0.15) is 6.61 Å². The molecule has 1 N–H and O–H groups in total. The lowest BCUT2D eigenvalue weighted by molar-refractivity contribution is 0.0491. The van der Waals surface area contributed by atoms with E-state index >= 15 is 0 Å². The Hall–Kier alpha value is -3.54. The fourth-order valence-corrected chi connectivity index (χ4v) is 2.53. The van der Waals surface area contributed by atoms with Crippen LogP contribution in [-0.2, 0) is 16.1 Å². The minimum absolute atomic E-state index is 0.126. The number of rotatable bonds is 6. The van der Waals surface area contributed by atoms with Crippen LogP contribution < -0.4 is 5.32 Å². The van der Waals surface area contributed by atoms with Gasteiger partial charge in [-0.3, -0.25) is 5.32 Å². The molecule has 0 fully saturated rings. The number of amides is 1. The summed E-state index contributed by atoms with van der Waals surface area (Å²) in [5.74, 6) is -0.404. The summed E-state index contributed by atoms with van der Waals surface area (Å²) in [5.41, 5.74) is 2.75. The first-order valence-corrected chi connectivity index (χ1v) is 8.50. The second-order valence-electron chi connectivity index (χ2n) is 5.65. The monoisotopic (exact) mass is 365 g/mol. The van der Waals surface area contributed by atoms with Gasteiger partial charge in [0.2, 0.25) is 5.76 Å². The second kappa shape index (κ2) is 8.71. The lowest BCUT2D eigenvalue weighted by Crippen LogP contribution is -2.13. The van der Waals surface area contributed by atoms with E-state index in [0.29, 0.717) is 16.8 Å². The number of esters is 1. The number of hydrogen-bond acceptors (Lipinski definition) is 5. The van der Waals surface area contributed by atoms with Crippen molar-refractivity contribution in [3.63, 3.8) is 0 Å². The number of hydrogen-bond donors (Lipinski definition) is 1. The summed E-state index contributed by atoms with van der Waals surface area (Å²) in [7, 11) is 0. The van der Waals surface area contributed by atoms with Crippen LogP contribution in [-0.4, -0.2) is 18.7 Å². The smallest absolute Gasteiger partial charge is 0.411 e. The first-order valence-electron chi connectivity index (χ1n) is 8.50. The van der Waals surface area contributed by atoms with Crippen LogP contribution in [0.1, 0.15) is 23.0 Å². The SMILES string of the molecule is CCOC(=O)c1occc1-c1cccc(NC(=O)OCc2ccccc2)c1. The van der Waals surface area contributed by atoms with Crippen LogP contribution in [0.25, 0.3) is 11.1 Å². The summed E-state index contributed by atoms with van der Waals surface area (Å²) >= 11 is 0. The van der Waals surface area contributed by atoms with Gasteiger partial charge in [-0.25, -0.2) is 9.59 Å². The van der Waals surface area contributed by atoms with Crippen LogP contribution in [0.5, 0.6) is 0 Å². The first-order chi connectivity index (χ1) is 13.2. The number of carbonyl (C=O) groups is 2. The molecule has 0 saturated carbocycles. The van der Waals surface area contributed by atoms with Gasteiger partial charge >= 0.3 is 12.1 Å². The quantitative estimate of drug-likeness (QED) is 0.631. The van der Waals surface area contributed by atoms with Crippen molar-refractivity contribution in [2.24, 2.45) is 0 Å². The lowest BCUT2D eigenvalue weighted by Gasteiger charge is -2.09. The van der Waals surface area contributed by atoms with Crippen LogP contribution in [0, 0.1) is 0 Å². The Balaban J connectivity index is 1.68. The fourth-order valence-electron chi connectivity index (χ4n) is 2.53. The van der Waals surface area contributed by atoms with Gasteiger partial charge in [-0.2, -0.15) is 0 Å². The van der Waals surface area contributed by atoms with Crippen molar-refractivity contribution < 1.29 is 23.5 Å². The summed E-state index contributed by atoms with van der Waals surface area (Å²) in [4.78, 5) is 24.0. The third-order valence-electron chi connectivity index (χ3n) is 3.76. The molecule has 1 aromatic heterocycles. The molecule has 6 nitrogen and oxygen atoms in total. The van der Waals surface area contributed by atoms with Gasteiger partial charge in [-0.15, -0.1) is 0 Å². The zero-order valence-electron chi connectivity index (χ0n) is 14.8. The predicted octanol–water partition coefficient (Wildman–Crippen LogP) is 4.87. The van der Waals surface area contributed by atoms with Gasteiger partial charge in [0.05, 0.1) is 12.9 Å². The molecule has 0 atom stereocenters. The van der Waals surface area contributed by atoms with Crippen molar-refractivity contribution in [1.29, 1.82) is 0 Å². The van der Waals surface area contributed by atoms with E-state index in [4.69, 9.17) is 13.9 Å². The van der Waals surface area contributed by atoms with Crippen LogP contribution >= 0.6 is 0 Å². The molecular weight excluding hydrogens is 346 g/mol. The molecule has 0 unspecified atom stereocenters. The van der Waals surface area contributed by atoms with E-state index in [0.717, 1.165) is 5.56 Å². The molecule has 1 heterocycles. The van der Waals surface area contributed by atoms with Gasteiger partial charge in [0.25, 0.3) is 0 Å². The number of anilines is 1.